The lowest BCUT2D eigenvalue weighted by molar-refractivity contribution is -0.145. The van der Waals surface area contributed by atoms with Crippen molar-refractivity contribution in [3.63, 3.8) is 0 Å². The topological polar surface area (TPSA) is 71.1 Å². The molecule has 2 aliphatic heterocycles. The number of nitrogens with one attached hydrogen (secondary N) is 1. The highest BCUT2D eigenvalue weighted by molar-refractivity contribution is 6.11. The number of ether oxygens (including phenoxy) is 2. The molecule has 0 bridgehead atoms. The summed E-state index contributed by atoms with van der Waals surface area (Å²) in [6.07, 6.45) is -1.13. The number of piperazine rings is 1. The quantitative estimate of drug-likeness (QED) is 0.837. The second-order valence-corrected chi connectivity index (χ2v) is 6.49. The summed E-state index contributed by atoms with van der Waals surface area (Å²) in [6, 6.07) is 15.0. The van der Waals surface area contributed by atoms with Gasteiger partial charge in [0.05, 0.1) is 12.8 Å². The lowest BCUT2D eigenvalue weighted by atomic mass is 10.1. The molecule has 7 nitrogen and oxygen atoms in total. The maximum Gasteiger partial charge on any atom is 0.275 e. The number of anilines is 2. The van der Waals surface area contributed by atoms with Gasteiger partial charge in [-0.2, -0.15) is 0 Å². The van der Waals surface area contributed by atoms with Gasteiger partial charge in [-0.1, -0.05) is 12.1 Å². The molecule has 1 N–H and O–H groups in total. The van der Waals surface area contributed by atoms with E-state index in [0.29, 0.717) is 37.6 Å². The van der Waals surface area contributed by atoms with E-state index in [0.717, 1.165) is 11.4 Å². The van der Waals surface area contributed by atoms with Crippen molar-refractivity contribution in [2.24, 2.45) is 0 Å². The van der Waals surface area contributed by atoms with Crippen LogP contribution >= 0.6 is 0 Å². The first-order valence-electron chi connectivity index (χ1n) is 8.90. The van der Waals surface area contributed by atoms with Gasteiger partial charge in [-0.3, -0.25) is 9.59 Å². The Morgan fingerprint density at radius 3 is 2.48 bits per heavy atom. The highest BCUT2D eigenvalue weighted by Crippen LogP contribution is 2.29. The summed E-state index contributed by atoms with van der Waals surface area (Å²) in [6.45, 7) is 2.48. The van der Waals surface area contributed by atoms with Crippen molar-refractivity contribution in [3.8, 4) is 11.5 Å². The van der Waals surface area contributed by atoms with E-state index in [9.17, 15) is 9.59 Å². The number of hydrogen-bond donors (Lipinski definition) is 1. The largest absolute Gasteiger partial charge is 0.497 e. The van der Waals surface area contributed by atoms with Gasteiger partial charge >= 0.3 is 0 Å². The summed E-state index contributed by atoms with van der Waals surface area (Å²) in [5, 5.41) is 2.74. The van der Waals surface area contributed by atoms with Crippen molar-refractivity contribution in [1.82, 2.24) is 4.90 Å². The minimum Gasteiger partial charge on any atom is -0.497 e. The Hall–Kier alpha value is -3.22. The zero-order chi connectivity index (χ0) is 18.8. The van der Waals surface area contributed by atoms with Gasteiger partial charge in [-0.15, -0.1) is 0 Å². The molecular formula is C20H21N3O4. The van der Waals surface area contributed by atoms with Crippen molar-refractivity contribution < 1.29 is 19.1 Å². The molecule has 2 aromatic rings. The van der Waals surface area contributed by atoms with Crippen LogP contribution < -0.4 is 19.7 Å². The van der Waals surface area contributed by atoms with E-state index in [4.69, 9.17) is 9.47 Å². The predicted octanol–water partition coefficient (Wildman–Crippen LogP) is 1.74. The van der Waals surface area contributed by atoms with Gasteiger partial charge in [0.1, 0.15) is 11.5 Å². The number of benzene rings is 2. The molecule has 1 unspecified atom stereocenters. The van der Waals surface area contributed by atoms with Crippen LogP contribution in [0.4, 0.5) is 11.4 Å². The molecule has 1 atom stereocenters. The van der Waals surface area contributed by atoms with Crippen LogP contribution in [0.1, 0.15) is 0 Å². The molecule has 2 heterocycles. The fourth-order valence-electron chi connectivity index (χ4n) is 3.36. The molecule has 2 aromatic carbocycles. The third-order valence-corrected chi connectivity index (χ3v) is 4.88. The summed E-state index contributed by atoms with van der Waals surface area (Å²) in [5.41, 5.74) is 1.68. The number of fused-ring (bicyclic) bond motifs is 1. The zero-order valence-corrected chi connectivity index (χ0v) is 15.1. The molecule has 2 amide bonds. The molecule has 27 heavy (non-hydrogen) atoms. The minimum atomic E-state index is -1.13. The van der Waals surface area contributed by atoms with Crippen LogP contribution in [0, 0.1) is 0 Å². The number of amides is 2. The Kier molecular flexibility index (Phi) is 4.58. The van der Waals surface area contributed by atoms with Gasteiger partial charge in [0.2, 0.25) is 0 Å². The molecule has 140 valence electrons. The van der Waals surface area contributed by atoms with Crippen LogP contribution in [0.15, 0.2) is 48.5 Å². The number of methoxy groups -OCH3 is 1. The monoisotopic (exact) mass is 367 g/mol. The molecule has 0 aliphatic carbocycles. The fourth-order valence-corrected chi connectivity index (χ4v) is 3.36. The average Bonchev–Trinajstić information content (AvgIpc) is 2.73. The Morgan fingerprint density at radius 1 is 1.07 bits per heavy atom. The average molecular weight is 367 g/mol. The van der Waals surface area contributed by atoms with Crippen LogP contribution in [-0.4, -0.2) is 56.1 Å². The lowest BCUT2D eigenvalue weighted by Gasteiger charge is -2.38. The fraction of sp³-hybridized carbons (Fsp3) is 0.300. The molecule has 4 rings (SSSR count). The van der Waals surface area contributed by atoms with Gasteiger partial charge in [-0.25, -0.2) is 0 Å². The third-order valence-electron chi connectivity index (χ3n) is 4.88. The van der Waals surface area contributed by atoms with Crippen LogP contribution in [0.3, 0.4) is 0 Å². The summed E-state index contributed by atoms with van der Waals surface area (Å²) >= 11 is 0. The van der Waals surface area contributed by atoms with E-state index in [1.54, 1.807) is 24.1 Å². The van der Waals surface area contributed by atoms with Gasteiger partial charge in [0.15, 0.2) is 0 Å². The van der Waals surface area contributed by atoms with Gasteiger partial charge in [-0.05, 0) is 36.4 Å². The van der Waals surface area contributed by atoms with E-state index in [1.807, 2.05) is 36.4 Å². The molecule has 0 spiro atoms. The summed E-state index contributed by atoms with van der Waals surface area (Å²) in [5.74, 6) is 0.619. The standard InChI is InChI=1S/C20H21N3O4/c1-26-15-8-6-14(7-9-15)22-10-12-23(13-11-22)20(25)18-19(24)21-16-4-2-3-5-17(16)27-18/h2-9,18H,10-13H2,1H3,(H,21,24). The van der Waals surface area contributed by atoms with Crippen LogP contribution in [0.2, 0.25) is 0 Å². The minimum absolute atomic E-state index is 0.295. The van der Waals surface area contributed by atoms with E-state index < -0.39 is 12.0 Å². The van der Waals surface area contributed by atoms with Crippen LogP contribution in [0.25, 0.3) is 0 Å². The van der Waals surface area contributed by atoms with Gasteiger partial charge < -0.3 is 24.6 Å². The number of rotatable bonds is 3. The molecular weight excluding hydrogens is 346 g/mol. The first-order chi connectivity index (χ1) is 13.2. The number of nitrogens with zero attached hydrogens (tertiary/aromatic N) is 2. The molecule has 0 aromatic heterocycles. The highest BCUT2D eigenvalue weighted by atomic mass is 16.5. The molecule has 1 fully saturated rings. The summed E-state index contributed by atoms with van der Waals surface area (Å²) in [7, 11) is 1.64. The van der Waals surface area contributed by atoms with Crippen LogP contribution in [-0.2, 0) is 9.59 Å². The van der Waals surface area contributed by atoms with E-state index in [1.165, 1.54) is 0 Å². The van der Waals surface area contributed by atoms with E-state index in [2.05, 4.69) is 10.2 Å². The second kappa shape index (κ2) is 7.19. The molecule has 7 heteroatoms. The predicted molar refractivity (Wildman–Crippen MR) is 101 cm³/mol. The van der Waals surface area contributed by atoms with Crippen molar-refractivity contribution in [1.29, 1.82) is 0 Å². The van der Waals surface area contributed by atoms with Crippen molar-refractivity contribution in [3.05, 3.63) is 48.5 Å². The zero-order valence-electron chi connectivity index (χ0n) is 15.1. The van der Waals surface area contributed by atoms with Gasteiger partial charge in [0, 0.05) is 31.9 Å². The summed E-state index contributed by atoms with van der Waals surface area (Å²) < 4.78 is 10.8. The smallest absolute Gasteiger partial charge is 0.275 e. The molecule has 2 aliphatic rings. The van der Waals surface area contributed by atoms with Crippen LogP contribution in [0.5, 0.6) is 11.5 Å². The van der Waals surface area contributed by atoms with Crippen molar-refractivity contribution in [2.45, 2.75) is 6.10 Å². The summed E-state index contributed by atoms with van der Waals surface area (Å²) in [4.78, 5) is 29.0. The Morgan fingerprint density at radius 2 is 1.78 bits per heavy atom. The van der Waals surface area contributed by atoms with Gasteiger partial charge in [0.25, 0.3) is 17.9 Å². The number of hydrogen-bond acceptors (Lipinski definition) is 5. The van der Waals surface area contributed by atoms with E-state index in [-0.39, 0.29) is 5.91 Å². The Labute approximate surface area is 157 Å². The van der Waals surface area contributed by atoms with Crippen molar-refractivity contribution in [2.75, 3.05) is 43.5 Å². The van der Waals surface area contributed by atoms with Crippen molar-refractivity contribution >= 4 is 23.2 Å². The Balaban J connectivity index is 1.39. The molecule has 1 saturated heterocycles. The maximum atomic E-state index is 12.8. The second-order valence-electron chi connectivity index (χ2n) is 6.49. The number of carbonyl (C=O) groups excluding carboxylic acids is 2. The highest BCUT2D eigenvalue weighted by Gasteiger charge is 2.37. The lowest BCUT2D eigenvalue weighted by Crippen LogP contribution is -2.55. The number of para-hydroxylation sites is 2. The molecule has 0 radical (unpaired) electrons. The van der Waals surface area contributed by atoms with E-state index >= 15 is 0 Å². The normalized spacial score (nSPS) is 19.0. The first kappa shape index (κ1) is 17.2. The maximum absolute atomic E-state index is 12.8. The first-order valence-corrected chi connectivity index (χ1v) is 8.90. The SMILES string of the molecule is COc1ccc(N2CCN(C(=O)C3Oc4ccccc4NC3=O)CC2)cc1. The Bertz CT molecular complexity index is 845. The third kappa shape index (κ3) is 3.40. The molecule has 0 saturated carbocycles. The number of carbonyl (C=O) groups is 2.